The lowest BCUT2D eigenvalue weighted by molar-refractivity contribution is -0.136. The van der Waals surface area contributed by atoms with Gasteiger partial charge < -0.3 is 14.2 Å². The molecule has 0 aromatic rings. The molecule has 2 fully saturated rings. The van der Waals surface area contributed by atoms with Crippen LogP contribution in [0, 0.1) is 0 Å². The van der Waals surface area contributed by atoms with Gasteiger partial charge >= 0.3 is 0 Å². The molecule has 6 heteroatoms. The second-order valence-corrected chi connectivity index (χ2v) is 4.68. The van der Waals surface area contributed by atoms with Crippen LogP contribution in [0.15, 0.2) is 0 Å². The molecule has 0 bridgehead atoms. The molecule has 0 spiro atoms. The summed E-state index contributed by atoms with van der Waals surface area (Å²) in [6.07, 6.45) is -0.0568. The summed E-state index contributed by atoms with van der Waals surface area (Å²) in [7, 11) is 0. The third-order valence-electron chi connectivity index (χ3n) is 3.38. The molecule has 2 saturated heterocycles. The number of carbonyl (C=O) groups is 1. The fourth-order valence-electron chi connectivity index (χ4n) is 2.37. The monoisotopic (exact) mass is 258 g/mol. The Labute approximate surface area is 108 Å². The van der Waals surface area contributed by atoms with Crippen LogP contribution in [0.5, 0.6) is 0 Å². The van der Waals surface area contributed by atoms with Crippen molar-refractivity contribution in [2.75, 3.05) is 65.7 Å². The largest absolute Gasteiger partial charge is 0.462 e. The highest BCUT2D eigenvalue weighted by atomic mass is 16.5. The van der Waals surface area contributed by atoms with Gasteiger partial charge in [-0.05, 0) is 0 Å². The molecule has 2 rings (SSSR count). The quantitative estimate of drug-likeness (QED) is 0.581. The highest BCUT2D eigenvalue weighted by Crippen LogP contribution is 2.05. The van der Waals surface area contributed by atoms with Crippen LogP contribution in [0.2, 0.25) is 0 Å². The van der Waals surface area contributed by atoms with Crippen LogP contribution in [0.4, 0.5) is 0 Å². The maximum absolute atomic E-state index is 10.6. The van der Waals surface area contributed by atoms with Crippen molar-refractivity contribution < 1.29 is 19.0 Å². The topological polar surface area (TPSA) is 51.2 Å². The molecule has 104 valence electrons. The standard InChI is InChI=1S/C12H22N2O4/c15-11-18-12(9-13-1-5-16-6-2-13)10-14-3-7-17-8-4-14/h11-12H,1-10H2. The summed E-state index contributed by atoms with van der Waals surface area (Å²) in [6, 6.07) is 0. The predicted octanol–water partition coefficient (Wildman–Crippen LogP) is -0.808. The molecule has 0 aromatic heterocycles. The first-order valence-corrected chi connectivity index (χ1v) is 6.58. The van der Waals surface area contributed by atoms with Crippen LogP contribution in [-0.4, -0.2) is 88.1 Å². The van der Waals surface area contributed by atoms with Gasteiger partial charge in [0, 0.05) is 39.3 Å². The second kappa shape index (κ2) is 7.68. The van der Waals surface area contributed by atoms with Gasteiger partial charge in [-0.1, -0.05) is 0 Å². The van der Waals surface area contributed by atoms with Gasteiger partial charge in [-0.3, -0.25) is 14.6 Å². The summed E-state index contributed by atoms with van der Waals surface area (Å²) >= 11 is 0. The first kappa shape index (κ1) is 13.7. The number of morpholine rings is 2. The van der Waals surface area contributed by atoms with E-state index in [-0.39, 0.29) is 6.10 Å². The zero-order valence-corrected chi connectivity index (χ0v) is 10.8. The minimum Gasteiger partial charge on any atom is -0.462 e. The Morgan fingerprint density at radius 2 is 1.39 bits per heavy atom. The first-order chi connectivity index (χ1) is 8.88. The summed E-state index contributed by atoms with van der Waals surface area (Å²) in [6.45, 7) is 8.89. The molecule has 2 aliphatic rings. The minimum atomic E-state index is -0.0568. The molecular formula is C12H22N2O4. The van der Waals surface area contributed by atoms with Gasteiger partial charge in [0.2, 0.25) is 0 Å². The summed E-state index contributed by atoms with van der Waals surface area (Å²) in [5.41, 5.74) is 0. The van der Waals surface area contributed by atoms with Crippen LogP contribution in [-0.2, 0) is 19.0 Å². The normalized spacial score (nSPS) is 23.2. The predicted molar refractivity (Wildman–Crippen MR) is 65.5 cm³/mol. The minimum absolute atomic E-state index is 0.0568. The molecule has 0 aromatic carbocycles. The Kier molecular flexibility index (Phi) is 5.86. The van der Waals surface area contributed by atoms with Crippen LogP contribution >= 0.6 is 0 Å². The van der Waals surface area contributed by atoms with E-state index in [1.807, 2.05) is 0 Å². The molecule has 0 atom stereocenters. The average molecular weight is 258 g/mol. The van der Waals surface area contributed by atoms with Crippen LogP contribution < -0.4 is 0 Å². The molecule has 18 heavy (non-hydrogen) atoms. The van der Waals surface area contributed by atoms with E-state index in [4.69, 9.17) is 14.2 Å². The SMILES string of the molecule is O=COC(CN1CCOCC1)CN1CCOCC1. The van der Waals surface area contributed by atoms with E-state index in [1.165, 1.54) is 0 Å². The average Bonchev–Trinajstić information content (AvgIpc) is 2.41. The molecule has 0 aliphatic carbocycles. The maximum Gasteiger partial charge on any atom is 0.293 e. The Bertz CT molecular complexity index is 220. The summed E-state index contributed by atoms with van der Waals surface area (Å²) in [4.78, 5) is 15.2. The van der Waals surface area contributed by atoms with E-state index in [2.05, 4.69) is 9.80 Å². The fourth-order valence-corrected chi connectivity index (χ4v) is 2.37. The van der Waals surface area contributed by atoms with Crippen molar-refractivity contribution in [1.82, 2.24) is 9.80 Å². The smallest absolute Gasteiger partial charge is 0.293 e. The van der Waals surface area contributed by atoms with Crippen molar-refractivity contribution in [2.45, 2.75) is 6.10 Å². The Hall–Kier alpha value is -0.690. The maximum atomic E-state index is 10.6. The van der Waals surface area contributed by atoms with Crippen molar-refractivity contribution >= 4 is 6.47 Å². The van der Waals surface area contributed by atoms with Gasteiger partial charge in [0.1, 0.15) is 6.10 Å². The third kappa shape index (κ3) is 4.53. The third-order valence-corrected chi connectivity index (χ3v) is 3.38. The van der Waals surface area contributed by atoms with E-state index in [0.29, 0.717) is 6.47 Å². The number of nitrogens with zero attached hydrogens (tertiary/aromatic N) is 2. The van der Waals surface area contributed by atoms with Gasteiger partial charge in [-0.15, -0.1) is 0 Å². The number of hydrogen-bond donors (Lipinski definition) is 0. The van der Waals surface area contributed by atoms with Gasteiger partial charge in [0.15, 0.2) is 0 Å². The van der Waals surface area contributed by atoms with Gasteiger partial charge in [-0.2, -0.15) is 0 Å². The lowest BCUT2D eigenvalue weighted by atomic mass is 10.2. The van der Waals surface area contributed by atoms with E-state index < -0.39 is 0 Å². The Balaban J connectivity index is 1.76. The zero-order chi connectivity index (χ0) is 12.6. The van der Waals surface area contributed by atoms with Gasteiger partial charge in [0.25, 0.3) is 6.47 Å². The lowest BCUT2D eigenvalue weighted by Crippen LogP contribution is -2.47. The lowest BCUT2D eigenvalue weighted by Gasteiger charge is -2.33. The Morgan fingerprint density at radius 1 is 0.944 bits per heavy atom. The van der Waals surface area contributed by atoms with Crippen molar-refractivity contribution in [3.8, 4) is 0 Å². The van der Waals surface area contributed by atoms with E-state index in [1.54, 1.807) is 0 Å². The fraction of sp³-hybridized carbons (Fsp3) is 0.917. The van der Waals surface area contributed by atoms with Gasteiger partial charge in [0.05, 0.1) is 26.4 Å². The van der Waals surface area contributed by atoms with Crippen LogP contribution in [0.1, 0.15) is 0 Å². The molecule has 2 aliphatic heterocycles. The van der Waals surface area contributed by atoms with E-state index in [9.17, 15) is 4.79 Å². The molecule has 6 nitrogen and oxygen atoms in total. The highest BCUT2D eigenvalue weighted by Gasteiger charge is 2.21. The summed E-state index contributed by atoms with van der Waals surface area (Å²) in [5.74, 6) is 0. The molecular weight excluding hydrogens is 236 g/mol. The van der Waals surface area contributed by atoms with Crippen LogP contribution in [0.3, 0.4) is 0 Å². The molecule has 0 radical (unpaired) electrons. The molecule has 0 unspecified atom stereocenters. The van der Waals surface area contributed by atoms with Crippen molar-refractivity contribution in [2.24, 2.45) is 0 Å². The molecule has 2 heterocycles. The van der Waals surface area contributed by atoms with E-state index in [0.717, 1.165) is 65.7 Å². The van der Waals surface area contributed by atoms with E-state index >= 15 is 0 Å². The highest BCUT2D eigenvalue weighted by molar-refractivity contribution is 5.37. The van der Waals surface area contributed by atoms with Crippen LogP contribution in [0.25, 0.3) is 0 Å². The molecule has 0 N–H and O–H groups in total. The van der Waals surface area contributed by atoms with Crippen molar-refractivity contribution in [1.29, 1.82) is 0 Å². The van der Waals surface area contributed by atoms with Crippen molar-refractivity contribution in [3.63, 3.8) is 0 Å². The zero-order valence-electron chi connectivity index (χ0n) is 10.8. The second-order valence-electron chi connectivity index (χ2n) is 4.68. The number of hydrogen-bond acceptors (Lipinski definition) is 6. The molecule has 0 saturated carbocycles. The Morgan fingerprint density at radius 3 is 1.78 bits per heavy atom. The summed E-state index contributed by atoms with van der Waals surface area (Å²) in [5, 5.41) is 0. The van der Waals surface area contributed by atoms with Gasteiger partial charge in [-0.25, -0.2) is 0 Å². The molecule has 0 amide bonds. The number of rotatable bonds is 6. The summed E-state index contributed by atoms with van der Waals surface area (Å²) < 4.78 is 15.8. The number of ether oxygens (including phenoxy) is 3. The number of carbonyl (C=O) groups excluding carboxylic acids is 1. The first-order valence-electron chi connectivity index (χ1n) is 6.58. The van der Waals surface area contributed by atoms with Crippen molar-refractivity contribution in [3.05, 3.63) is 0 Å².